The quantitative estimate of drug-likeness (QED) is 0.618. The van der Waals surface area contributed by atoms with E-state index in [1.165, 1.54) is 24.8 Å². The van der Waals surface area contributed by atoms with Gasteiger partial charge in [-0.15, -0.1) is 0 Å². The van der Waals surface area contributed by atoms with Crippen molar-refractivity contribution in [3.8, 4) is 0 Å². The molecule has 4 N–H and O–H groups in total. The predicted octanol–water partition coefficient (Wildman–Crippen LogP) is 2.84. The minimum Gasteiger partial charge on any atom is -0.393 e. The molecule has 0 aliphatic heterocycles. The van der Waals surface area contributed by atoms with E-state index in [0.717, 1.165) is 36.8 Å². The number of aromatic amines is 2. The molecule has 3 atom stereocenters. The standard InChI is InChI=1S/C18H27N3O2/c1-12(14-8-9-15-16(11-14)21-18(23)20-15)19-10-4-6-13-5-2-3-7-17(13)22/h8-9,11-13,17,19,22H,2-7,10H2,1H3,(H2,20,21,23). The van der Waals surface area contributed by atoms with Crippen molar-refractivity contribution in [2.75, 3.05) is 6.54 Å². The molecule has 5 heteroatoms. The molecule has 5 nitrogen and oxygen atoms in total. The van der Waals surface area contributed by atoms with Crippen molar-refractivity contribution in [1.82, 2.24) is 15.3 Å². The van der Waals surface area contributed by atoms with Gasteiger partial charge in [0, 0.05) is 6.04 Å². The average Bonchev–Trinajstić information content (AvgIpc) is 2.92. The van der Waals surface area contributed by atoms with E-state index in [2.05, 4.69) is 28.3 Å². The third-order valence-electron chi connectivity index (χ3n) is 5.11. The number of fused-ring (bicyclic) bond motifs is 1. The first-order valence-electron chi connectivity index (χ1n) is 8.77. The van der Waals surface area contributed by atoms with Gasteiger partial charge in [-0.05, 0) is 62.8 Å². The van der Waals surface area contributed by atoms with E-state index >= 15 is 0 Å². The third-order valence-corrected chi connectivity index (χ3v) is 5.11. The van der Waals surface area contributed by atoms with Gasteiger partial charge in [0.1, 0.15) is 0 Å². The smallest absolute Gasteiger partial charge is 0.323 e. The van der Waals surface area contributed by atoms with Crippen LogP contribution in [0, 0.1) is 5.92 Å². The van der Waals surface area contributed by atoms with Crippen molar-refractivity contribution < 1.29 is 5.11 Å². The van der Waals surface area contributed by atoms with Gasteiger partial charge in [0.25, 0.3) is 0 Å². The van der Waals surface area contributed by atoms with E-state index in [0.29, 0.717) is 5.92 Å². The first-order valence-corrected chi connectivity index (χ1v) is 8.77. The van der Waals surface area contributed by atoms with Gasteiger partial charge in [0.2, 0.25) is 0 Å². The number of aliphatic hydroxyl groups excluding tert-OH is 1. The van der Waals surface area contributed by atoms with Gasteiger partial charge in [-0.1, -0.05) is 18.9 Å². The van der Waals surface area contributed by atoms with Crippen LogP contribution < -0.4 is 11.0 Å². The van der Waals surface area contributed by atoms with Gasteiger partial charge in [0.05, 0.1) is 17.1 Å². The van der Waals surface area contributed by atoms with Gasteiger partial charge in [0.15, 0.2) is 0 Å². The van der Waals surface area contributed by atoms with Gasteiger partial charge in [-0.25, -0.2) is 4.79 Å². The molecule has 2 aromatic rings. The predicted molar refractivity (Wildman–Crippen MR) is 92.5 cm³/mol. The second kappa shape index (κ2) is 7.32. The number of aromatic nitrogens is 2. The van der Waals surface area contributed by atoms with Crippen molar-refractivity contribution >= 4 is 11.0 Å². The fourth-order valence-electron chi connectivity index (χ4n) is 3.64. The number of rotatable bonds is 6. The van der Waals surface area contributed by atoms with Crippen LogP contribution in [0.5, 0.6) is 0 Å². The summed E-state index contributed by atoms with van der Waals surface area (Å²) in [4.78, 5) is 16.9. The summed E-state index contributed by atoms with van der Waals surface area (Å²) in [6, 6.07) is 6.26. The lowest BCUT2D eigenvalue weighted by Gasteiger charge is -2.27. The molecule has 1 heterocycles. The zero-order chi connectivity index (χ0) is 16.2. The van der Waals surface area contributed by atoms with E-state index in [1.807, 2.05) is 12.1 Å². The Kier molecular flexibility index (Phi) is 5.18. The molecular weight excluding hydrogens is 290 g/mol. The Balaban J connectivity index is 1.48. The number of imidazole rings is 1. The Hall–Kier alpha value is -1.59. The van der Waals surface area contributed by atoms with E-state index in [1.54, 1.807) is 0 Å². The van der Waals surface area contributed by atoms with Crippen LogP contribution in [0.2, 0.25) is 0 Å². The molecule has 1 aromatic heterocycles. The number of nitrogens with one attached hydrogen (secondary N) is 3. The number of hydrogen-bond acceptors (Lipinski definition) is 3. The number of aliphatic hydroxyl groups is 1. The highest BCUT2D eigenvalue weighted by molar-refractivity contribution is 5.75. The highest BCUT2D eigenvalue weighted by Crippen LogP contribution is 2.27. The topological polar surface area (TPSA) is 80.9 Å². The SMILES string of the molecule is CC(NCCCC1CCCCC1O)c1ccc2[nH]c(=O)[nH]c2c1. The Morgan fingerprint density at radius 3 is 2.87 bits per heavy atom. The first kappa shape index (κ1) is 16.3. The molecule has 1 fully saturated rings. The monoisotopic (exact) mass is 317 g/mol. The zero-order valence-electron chi connectivity index (χ0n) is 13.8. The Morgan fingerprint density at radius 2 is 2.04 bits per heavy atom. The lowest BCUT2D eigenvalue weighted by Crippen LogP contribution is -2.26. The molecule has 126 valence electrons. The van der Waals surface area contributed by atoms with Crippen molar-refractivity contribution in [3.63, 3.8) is 0 Å². The highest BCUT2D eigenvalue weighted by Gasteiger charge is 2.22. The lowest BCUT2D eigenvalue weighted by molar-refractivity contribution is 0.0642. The molecular formula is C18H27N3O2. The van der Waals surface area contributed by atoms with Crippen LogP contribution in [0.1, 0.15) is 57.1 Å². The largest absolute Gasteiger partial charge is 0.393 e. The summed E-state index contributed by atoms with van der Waals surface area (Å²) in [6.07, 6.45) is 6.70. The van der Waals surface area contributed by atoms with E-state index in [4.69, 9.17) is 0 Å². The molecule has 1 saturated carbocycles. The fourth-order valence-corrected chi connectivity index (χ4v) is 3.64. The summed E-state index contributed by atoms with van der Waals surface area (Å²) in [7, 11) is 0. The molecule has 1 aliphatic rings. The zero-order valence-corrected chi connectivity index (χ0v) is 13.8. The summed E-state index contributed by atoms with van der Waals surface area (Å²) < 4.78 is 0. The van der Waals surface area contributed by atoms with Crippen molar-refractivity contribution in [1.29, 1.82) is 0 Å². The number of benzene rings is 1. The Morgan fingerprint density at radius 1 is 1.26 bits per heavy atom. The molecule has 3 unspecified atom stereocenters. The van der Waals surface area contributed by atoms with E-state index < -0.39 is 0 Å². The van der Waals surface area contributed by atoms with Crippen molar-refractivity contribution in [2.45, 2.75) is 57.6 Å². The molecule has 23 heavy (non-hydrogen) atoms. The molecule has 0 bridgehead atoms. The van der Waals surface area contributed by atoms with Crippen LogP contribution >= 0.6 is 0 Å². The van der Waals surface area contributed by atoms with Crippen LogP contribution in [0.15, 0.2) is 23.0 Å². The molecule has 3 rings (SSSR count). The van der Waals surface area contributed by atoms with Crippen LogP contribution in [-0.2, 0) is 0 Å². The van der Waals surface area contributed by atoms with E-state index in [9.17, 15) is 9.90 Å². The maximum absolute atomic E-state index is 11.3. The second-order valence-electron chi connectivity index (χ2n) is 6.81. The Labute approximate surface area is 136 Å². The molecule has 0 amide bonds. The molecule has 0 saturated heterocycles. The normalized spacial score (nSPS) is 23.2. The van der Waals surface area contributed by atoms with Gasteiger partial charge in [-0.3, -0.25) is 0 Å². The van der Waals surface area contributed by atoms with Crippen molar-refractivity contribution in [3.05, 3.63) is 34.2 Å². The summed E-state index contributed by atoms with van der Waals surface area (Å²) in [5.41, 5.74) is 2.71. The maximum atomic E-state index is 11.3. The molecule has 0 radical (unpaired) electrons. The summed E-state index contributed by atoms with van der Waals surface area (Å²) >= 11 is 0. The maximum Gasteiger partial charge on any atom is 0.323 e. The van der Waals surface area contributed by atoms with Crippen LogP contribution in [0.4, 0.5) is 0 Å². The van der Waals surface area contributed by atoms with Crippen LogP contribution in [0.25, 0.3) is 11.0 Å². The van der Waals surface area contributed by atoms with Gasteiger partial charge in [-0.2, -0.15) is 0 Å². The second-order valence-corrected chi connectivity index (χ2v) is 6.81. The molecule has 1 aromatic carbocycles. The first-order chi connectivity index (χ1) is 11.1. The summed E-state index contributed by atoms with van der Waals surface area (Å²) in [5, 5.41) is 13.5. The minimum absolute atomic E-state index is 0.0889. The highest BCUT2D eigenvalue weighted by atomic mass is 16.3. The van der Waals surface area contributed by atoms with E-state index in [-0.39, 0.29) is 17.8 Å². The fraction of sp³-hybridized carbons (Fsp3) is 0.611. The number of H-pyrrole nitrogens is 2. The molecule has 1 aliphatic carbocycles. The third kappa shape index (κ3) is 4.03. The van der Waals surface area contributed by atoms with Gasteiger partial charge >= 0.3 is 5.69 Å². The molecule has 0 spiro atoms. The Bertz CT molecular complexity index is 691. The summed E-state index contributed by atoms with van der Waals surface area (Å²) in [5.74, 6) is 0.488. The van der Waals surface area contributed by atoms with Gasteiger partial charge < -0.3 is 20.4 Å². The number of hydrogen-bond donors (Lipinski definition) is 4. The van der Waals surface area contributed by atoms with Crippen molar-refractivity contribution in [2.24, 2.45) is 5.92 Å². The minimum atomic E-state index is -0.163. The summed E-state index contributed by atoms with van der Waals surface area (Å²) in [6.45, 7) is 3.09. The average molecular weight is 317 g/mol. The van der Waals surface area contributed by atoms with Crippen LogP contribution in [0.3, 0.4) is 0 Å². The lowest BCUT2D eigenvalue weighted by atomic mass is 9.83. The van der Waals surface area contributed by atoms with Crippen LogP contribution in [-0.4, -0.2) is 27.7 Å².